The number of rotatable bonds is 9. The van der Waals surface area contributed by atoms with Crippen molar-refractivity contribution in [2.24, 2.45) is 0 Å². The van der Waals surface area contributed by atoms with Gasteiger partial charge in [-0.1, -0.05) is 31.4 Å². The average molecular weight is 287 g/mol. The Balaban J connectivity index is 2.36. The Kier molecular flexibility index (Phi) is 7.60. The van der Waals surface area contributed by atoms with Crippen molar-refractivity contribution in [1.29, 1.82) is 0 Å². The third-order valence-corrected chi connectivity index (χ3v) is 3.14. The summed E-state index contributed by atoms with van der Waals surface area (Å²) in [5, 5.41) is 12.2. The zero-order valence-corrected chi connectivity index (χ0v) is 12.2. The number of aliphatic hydroxyl groups excluding tert-OH is 1. The molecule has 1 aromatic heterocycles. The van der Waals surface area contributed by atoms with E-state index in [-0.39, 0.29) is 12.5 Å². The predicted molar refractivity (Wildman–Crippen MR) is 77.6 cm³/mol. The molecule has 19 heavy (non-hydrogen) atoms. The van der Waals surface area contributed by atoms with E-state index in [0.29, 0.717) is 17.3 Å². The smallest absolute Gasteiger partial charge is 0.267 e. The van der Waals surface area contributed by atoms with Crippen LogP contribution in [0.3, 0.4) is 0 Å². The molecule has 0 aliphatic heterocycles. The van der Waals surface area contributed by atoms with Gasteiger partial charge in [0.25, 0.3) is 5.91 Å². The maximum absolute atomic E-state index is 12.0. The second-order valence-electron chi connectivity index (χ2n) is 4.63. The summed E-state index contributed by atoms with van der Waals surface area (Å²) >= 11 is 5.94. The van der Waals surface area contributed by atoms with Gasteiger partial charge in [0.1, 0.15) is 5.69 Å². The Labute approximate surface area is 119 Å². The molecule has 0 aromatic carbocycles. The molecule has 5 heteroatoms. The number of aliphatic hydroxyl groups is 1. The van der Waals surface area contributed by atoms with Crippen LogP contribution >= 0.6 is 11.6 Å². The first-order valence-electron chi connectivity index (χ1n) is 6.93. The molecular formula is C14H23ClN2O2. The Morgan fingerprint density at radius 3 is 2.79 bits per heavy atom. The van der Waals surface area contributed by atoms with Crippen LogP contribution in [0, 0.1) is 0 Å². The molecule has 1 aromatic rings. The molecule has 0 aliphatic carbocycles. The topological polar surface area (TPSA) is 54.3 Å². The van der Waals surface area contributed by atoms with E-state index in [1.807, 2.05) is 4.57 Å². The SMILES string of the molecule is CCCn1cc(Cl)cc1C(=O)NCCCCCCO. The van der Waals surface area contributed by atoms with Crippen LogP contribution in [0.15, 0.2) is 12.3 Å². The lowest BCUT2D eigenvalue weighted by atomic mass is 10.2. The molecule has 0 radical (unpaired) electrons. The van der Waals surface area contributed by atoms with Crippen LogP contribution in [-0.4, -0.2) is 28.7 Å². The molecule has 1 amide bonds. The summed E-state index contributed by atoms with van der Waals surface area (Å²) in [6.07, 6.45) is 6.56. The van der Waals surface area contributed by atoms with Gasteiger partial charge < -0.3 is 15.0 Å². The lowest BCUT2D eigenvalue weighted by molar-refractivity contribution is 0.0943. The monoisotopic (exact) mass is 286 g/mol. The quantitative estimate of drug-likeness (QED) is 0.686. The highest BCUT2D eigenvalue weighted by atomic mass is 35.5. The first-order chi connectivity index (χ1) is 9.19. The van der Waals surface area contributed by atoms with Crippen molar-refractivity contribution < 1.29 is 9.90 Å². The average Bonchev–Trinajstić information content (AvgIpc) is 2.75. The zero-order chi connectivity index (χ0) is 14.1. The number of amides is 1. The van der Waals surface area contributed by atoms with Gasteiger partial charge in [0, 0.05) is 25.9 Å². The van der Waals surface area contributed by atoms with Crippen molar-refractivity contribution in [3.63, 3.8) is 0 Å². The van der Waals surface area contributed by atoms with E-state index >= 15 is 0 Å². The highest BCUT2D eigenvalue weighted by Crippen LogP contribution is 2.14. The molecular weight excluding hydrogens is 264 g/mol. The zero-order valence-electron chi connectivity index (χ0n) is 11.5. The van der Waals surface area contributed by atoms with E-state index in [9.17, 15) is 4.79 Å². The van der Waals surface area contributed by atoms with Crippen LogP contribution in [0.2, 0.25) is 5.02 Å². The van der Waals surface area contributed by atoms with Crippen molar-refractivity contribution in [3.8, 4) is 0 Å². The lowest BCUT2D eigenvalue weighted by Crippen LogP contribution is -2.26. The summed E-state index contributed by atoms with van der Waals surface area (Å²) in [7, 11) is 0. The van der Waals surface area contributed by atoms with Crippen molar-refractivity contribution in [3.05, 3.63) is 23.0 Å². The predicted octanol–water partition coefficient (Wildman–Crippen LogP) is 2.83. The van der Waals surface area contributed by atoms with Crippen LogP contribution in [-0.2, 0) is 6.54 Å². The van der Waals surface area contributed by atoms with Crippen LogP contribution in [0.5, 0.6) is 0 Å². The summed E-state index contributed by atoms with van der Waals surface area (Å²) in [6.45, 7) is 3.78. The van der Waals surface area contributed by atoms with E-state index < -0.39 is 0 Å². The maximum Gasteiger partial charge on any atom is 0.267 e. The molecule has 1 heterocycles. The fourth-order valence-corrected chi connectivity index (χ4v) is 2.20. The van der Waals surface area contributed by atoms with Crippen LogP contribution in [0.1, 0.15) is 49.5 Å². The molecule has 0 saturated heterocycles. The van der Waals surface area contributed by atoms with Crippen molar-refractivity contribution in [2.45, 2.75) is 45.6 Å². The second kappa shape index (κ2) is 8.99. The first-order valence-corrected chi connectivity index (χ1v) is 7.31. The molecule has 0 atom stereocenters. The molecule has 0 fully saturated rings. The largest absolute Gasteiger partial charge is 0.396 e. The second-order valence-corrected chi connectivity index (χ2v) is 5.07. The summed E-state index contributed by atoms with van der Waals surface area (Å²) in [5.74, 6) is -0.0671. The number of carbonyl (C=O) groups excluding carboxylic acids is 1. The third-order valence-electron chi connectivity index (χ3n) is 2.93. The van der Waals surface area contributed by atoms with E-state index in [4.69, 9.17) is 16.7 Å². The molecule has 108 valence electrons. The van der Waals surface area contributed by atoms with E-state index in [1.165, 1.54) is 0 Å². The summed E-state index contributed by atoms with van der Waals surface area (Å²) < 4.78 is 1.89. The van der Waals surface area contributed by atoms with E-state index in [1.54, 1.807) is 12.3 Å². The van der Waals surface area contributed by atoms with Gasteiger partial charge in [-0.25, -0.2) is 0 Å². The third kappa shape index (κ3) is 5.66. The van der Waals surface area contributed by atoms with Gasteiger partial charge in [-0.3, -0.25) is 4.79 Å². The molecule has 0 aliphatic rings. The number of hydrogen-bond acceptors (Lipinski definition) is 2. The number of hydrogen-bond donors (Lipinski definition) is 2. The molecule has 1 rings (SSSR count). The van der Waals surface area contributed by atoms with Gasteiger partial charge in [0.2, 0.25) is 0 Å². The van der Waals surface area contributed by atoms with Crippen molar-refractivity contribution in [1.82, 2.24) is 9.88 Å². The first kappa shape index (κ1) is 16.1. The minimum absolute atomic E-state index is 0.0671. The van der Waals surface area contributed by atoms with Gasteiger partial charge in [-0.2, -0.15) is 0 Å². The fraction of sp³-hybridized carbons (Fsp3) is 0.643. The van der Waals surface area contributed by atoms with E-state index in [0.717, 1.165) is 38.6 Å². The normalized spacial score (nSPS) is 10.7. The molecule has 0 bridgehead atoms. The van der Waals surface area contributed by atoms with Gasteiger partial charge in [-0.05, 0) is 25.3 Å². The maximum atomic E-state index is 12.0. The Hall–Kier alpha value is -1.00. The number of aryl methyl sites for hydroxylation is 1. The number of carbonyl (C=O) groups is 1. The van der Waals surface area contributed by atoms with Crippen LogP contribution in [0.4, 0.5) is 0 Å². The molecule has 4 nitrogen and oxygen atoms in total. The Morgan fingerprint density at radius 1 is 1.37 bits per heavy atom. The van der Waals surface area contributed by atoms with Crippen LogP contribution < -0.4 is 5.32 Å². The van der Waals surface area contributed by atoms with Gasteiger partial charge in [0.15, 0.2) is 0 Å². The van der Waals surface area contributed by atoms with Crippen LogP contribution in [0.25, 0.3) is 0 Å². The van der Waals surface area contributed by atoms with Crippen molar-refractivity contribution >= 4 is 17.5 Å². The molecule has 0 saturated carbocycles. The number of nitrogens with zero attached hydrogens (tertiary/aromatic N) is 1. The number of nitrogens with one attached hydrogen (secondary N) is 1. The van der Waals surface area contributed by atoms with Gasteiger partial charge >= 0.3 is 0 Å². The number of unbranched alkanes of at least 4 members (excludes halogenated alkanes) is 3. The number of halogens is 1. The van der Waals surface area contributed by atoms with Gasteiger partial charge in [0.05, 0.1) is 5.02 Å². The van der Waals surface area contributed by atoms with E-state index in [2.05, 4.69) is 12.2 Å². The lowest BCUT2D eigenvalue weighted by Gasteiger charge is -2.08. The standard InChI is InChI=1S/C14H23ClN2O2/c1-2-8-17-11-12(15)10-13(17)14(19)16-7-5-3-4-6-9-18/h10-11,18H,2-9H2,1H3,(H,16,19). The highest BCUT2D eigenvalue weighted by Gasteiger charge is 2.11. The minimum atomic E-state index is -0.0671. The van der Waals surface area contributed by atoms with Gasteiger partial charge in [-0.15, -0.1) is 0 Å². The minimum Gasteiger partial charge on any atom is -0.396 e. The molecule has 0 unspecified atom stereocenters. The summed E-state index contributed by atoms with van der Waals surface area (Å²) in [6, 6.07) is 1.71. The Morgan fingerprint density at radius 2 is 2.11 bits per heavy atom. The summed E-state index contributed by atoms with van der Waals surface area (Å²) in [5.41, 5.74) is 0.627. The molecule has 2 N–H and O–H groups in total. The Bertz CT molecular complexity index is 391. The summed E-state index contributed by atoms with van der Waals surface area (Å²) in [4.78, 5) is 12.0. The fourth-order valence-electron chi connectivity index (χ4n) is 1.97. The molecule has 0 spiro atoms. The highest BCUT2D eigenvalue weighted by molar-refractivity contribution is 6.31. The number of aromatic nitrogens is 1. The van der Waals surface area contributed by atoms with Crippen molar-refractivity contribution in [2.75, 3.05) is 13.2 Å².